The van der Waals surface area contributed by atoms with Crippen molar-refractivity contribution in [1.29, 1.82) is 0 Å². The van der Waals surface area contributed by atoms with E-state index in [1.165, 1.54) is 18.3 Å². The van der Waals surface area contributed by atoms with Crippen LogP contribution in [0.2, 0.25) is 0 Å². The molecule has 2 aromatic carbocycles. The molecule has 168 valence electrons. The molecule has 0 atom stereocenters. The number of amides is 1. The van der Waals surface area contributed by atoms with E-state index in [1.54, 1.807) is 36.7 Å². The van der Waals surface area contributed by atoms with Crippen LogP contribution in [0.15, 0.2) is 96.3 Å². The van der Waals surface area contributed by atoms with Gasteiger partial charge < -0.3 is 0 Å². The molecule has 3 heterocycles. The number of carbonyl (C=O) groups is 1. The first-order valence-corrected chi connectivity index (χ1v) is 11.9. The number of aryl methyl sites for hydroxylation is 1. The van der Waals surface area contributed by atoms with Crippen LogP contribution in [0.5, 0.6) is 0 Å². The zero-order chi connectivity index (χ0) is 23.7. The molecule has 0 fully saturated rings. The molecule has 1 amide bonds. The maximum Gasteiger partial charge on any atom is 0.355 e. The fraction of sp³-hybridized carbons (Fsp3) is 0.0400. The van der Waals surface area contributed by atoms with Gasteiger partial charge in [0, 0.05) is 29.5 Å². The summed E-state index contributed by atoms with van der Waals surface area (Å²) in [5, 5.41) is 5.28. The Morgan fingerprint density at radius 2 is 1.62 bits per heavy atom. The molecule has 0 aliphatic heterocycles. The van der Waals surface area contributed by atoms with Crippen LogP contribution in [0.3, 0.4) is 0 Å². The first-order chi connectivity index (χ1) is 16.4. The number of carbonyl (C=O) groups excluding carboxylic acids is 1. The SMILES string of the molecule is Cc1ccc(S(=O)(=O)NC(=O)n2cc(-c3ccnc4ccccc34)c(-c3ccccn3)n2)cc1. The predicted molar refractivity (Wildman–Crippen MR) is 128 cm³/mol. The van der Waals surface area contributed by atoms with Crippen molar-refractivity contribution in [3.05, 3.63) is 97.0 Å². The van der Waals surface area contributed by atoms with Gasteiger partial charge in [0.15, 0.2) is 0 Å². The van der Waals surface area contributed by atoms with E-state index in [-0.39, 0.29) is 4.90 Å². The third-order valence-electron chi connectivity index (χ3n) is 5.32. The highest BCUT2D eigenvalue weighted by atomic mass is 32.2. The molecule has 3 aromatic heterocycles. The summed E-state index contributed by atoms with van der Waals surface area (Å²) < 4.78 is 28.6. The third kappa shape index (κ3) is 4.04. The van der Waals surface area contributed by atoms with E-state index in [0.29, 0.717) is 17.0 Å². The summed E-state index contributed by atoms with van der Waals surface area (Å²) in [6.45, 7) is 1.85. The smallest absolute Gasteiger partial charge is 0.256 e. The fourth-order valence-corrected chi connectivity index (χ4v) is 4.57. The van der Waals surface area contributed by atoms with Crippen LogP contribution < -0.4 is 4.72 Å². The molecule has 0 aliphatic rings. The molecular weight excluding hydrogens is 450 g/mol. The summed E-state index contributed by atoms with van der Waals surface area (Å²) in [6, 6.07) is 20.1. The van der Waals surface area contributed by atoms with Gasteiger partial charge in [0.05, 0.1) is 16.1 Å². The number of sulfonamides is 1. The Bertz CT molecular complexity index is 1610. The van der Waals surface area contributed by atoms with Gasteiger partial charge in [-0.25, -0.2) is 17.9 Å². The van der Waals surface area contributed by atoms with Gasteiger partial charge in [-0.3, -0.25) is 9.97 Å². The van der Waals surface area contributed by atoms with Crippen molar-refractivity contribution in [1.82, 2.24) is 24.5 Å². The highest BCUT2D eigenvalue weighted by molar-refractivity contribution is 7.90. The quantitative estimate of drug-likeness (QED) is 0.418. The van der Waals surface area contributed by atoms with Gasteiger partial charge in [0.1, 0.15) is 5.69 Å². The van der Waals surface area contributed by atoms with Gasteiger partial charge in [-0.2, -0.15) is 9.78 Å². The number of benzene rings is 2. The van der Waals surface area contributed by atoms with E-state index >= 15 is 0 Å². The number of fused-ring (bicyclic) bond motifs is 1. The summed E-state index contributed by atoms with van der Waals surface area (Å²) >= 11 is 0. The fourth-order valence-electron chi connectivity index (χ4n) is 3.64. The van der Waals surface area contributed by atoms with E-state index in [0.717, 1.165) is 26.7 Å². The standard InChI is InChI=1S/C25H19N5O3S/c1-17-9-11-18(12-10-17)34(32,33)29-25(31)30-16-21(24(28-30)23-8-4-5-14-26-23)19-13-15-27-22-7-3-2-6-20(19)22/h2-16H,1H3,(H,29,31). The number of pyridine rings is 2. The molecule has 0 saturated heterocycles. The molecule has 0 aliphatic carbocycles. The highest BCUT2D eigenvalue weighted by Crippen LogP contribution is 2.34. The van der Waals surface area contributed by atoms with Crippen LogP contribution in [0, 0.1) is 6.92 Å². The molecular formula is C25H19N5O3S. The van der Waals surface area contributed by atoms with Gasteiger partial charge >= 0.3 is 6.03 Å². The van der Waals surface area contributed by atoms with Crippen molar-refractivity contribution in [3.63, 3.8) is 0 Å². The van der Waals surface area contributed by atoms with Gasteiger partial charge in [0.2, 0.25) is 0 Å². The maximum absolute atomic E-state index is 13.0. The van der Waals surface area contributed by atoms with E-state index in [9.17, 15) is 13.2 Å². The Morgan fingerprint density at radius 3 is 2.38 bits per heavy atom. The Balaban J connectivity index is 1.60. The highest BCUT2D eigenvalue weighted by Gasteiger charge is 2.23. The third-order valence-corrected chi connectivity index (χ3v) is 6.66. The predicted octanol–water partition coefficient (Wildman–Crippen LogP) is 4.42. The van der Waals surface area contributed by atoms with E-state index in [2.05, 4.69) is 19.8 Å². The van der Waals surface area contributed by atoms with Crippen LogP contribution >= 0.6 is 0 Å². The van der Waals surface area contributed by atoms with E-state index < -0.39 is 16.1 Å². The van der Waals surface area contributed by atoms with Crippen molar-refractivity contribution in [3.8, 4) is 22.5 Å². The monoisotopic (exact) mass is 469 g/mol. The second-order valence-electron chi connectivity index (χ2n) is 7.65. The Hall–Kier alpha value is -4.37. The Labute approximate surface area is 196 Å². The molecule has 0 bridgehead atoms. The van der Waals surface area contributed by atoms with Gasteiger partial charge in [0.25, 0.3) is 10.0 Å². The lowest BCUT2D eigenvalue weighted by Gasteiger charge is -2.07. The van der Waals surface area contributed by atoms with Crippen LogP contribution in [-0.4, -0.2) is 34.2 Å². The van der Waals surface area contributed by atoms with Gasteiger partial charge in [-0.15, -0.1) is 0 Å². The van der Waals surface area contributed by atoms with E-state index in [4.69, 9.17) is 0 Å². The number of hydrogen-bond donors (Lipinski definition) is 1. The molecule has 0 unspecified atom stereocenters. The number of rotatable bonds is 4. The van der Waals surface area contributed by atoms with Crippen molar-refractivity contribution < 1.29 is 13.2 Å². The largest absolute Gasteiger partial charge is 0.355 e. The van der Waals surface area contributed by atoms with Gasteiger partial charge in [-0.1, -0.05) is 42.0 Å². The van der Waals surface area contributed by atoms with Crippen LogP contribution in [-0.2, 0) is 10.0 Å². The second-order valence-corrected chi connectivity index (χ2v) is 9.33. The minimum absolute atomic E-state index is 0.0103. The topological polar surface area (TPSA) is 107 Å². The summed E-state index contributed by atoms with van der Waals surface area (Å²) in [6.07, 6.45) is 4.82. The summed E-state index contributed by atoms with van der Waals surface area (Å²) in [7, 11) is -4.08. The molecule has 9 heteroatoms. The number of hydrogen-bond acceptors (Lipinski definition) is 6. The molecule has 1 N–H and O–H groups in total. The normalized spacial score (nSPS) is 11.4. The minimum Gasteiger partial charge on any atom is -0.256 e. The summed E-state index contributed by atoms with van der Waals surface area (Å²) in [5.74, 6) is 0. The molecule has 0 saturated carbocycles. The lowest BCUT2D eigenvalue weighted by Crippen LogP contribution is -2.34. The van der Waals surface area contributed by atoms with Crippen molar-refractivity contribution in [2.75, 3.05) is 0 Å². The summed E-state index contributed by atoms with van der Waals surface area (Å²) in [4.78, 5) is 21.7. The van der Waals surface area contributed by atoms with E-state index in [1.807, 2.05) is 43.3 Å². The number of nitrogens with one attached hydrogen (secondary N) is 1. The average molecular weight is 470 g/mol. The lowest BCUT2D eigenvalue weighted by molar-refractivity contribution is 0.244. The van der Waals surface area contributed by atoms with Crippen LogP contribution in [0.4, 0.5) is 4.79 Å². The summed E-state index contributed by atoms with van der Waals surface area (Å²) in [5.41, 5.74) is 4.11. The molecule has 5 rings (SSSR count). The first kappa shape index (κ1) is 21.5. The molecule has 8 nitrogen and oxygen atoms in total. The zero-order valence-electron chi connectivity index (χ0n) is 18.1. The number of nitrogens with zero attached hydrogens (tertiary/aromatic N) is 4. The molecule has 5 aromatic rings. The molecule has 34 heavy (non-hydrogen) atoms. The van der Waals surface area contributed by atoms with Gasteiger partial charge in [-0.05, 0) is 48.9 Å². The zero-order valence-corrected chi connectivity index (χ0v) is 18.9. The second kappa shape index (κ2) is 8.53. The number of aromatic nitrogens is 4. The molecule has 0 radical (unpaired) electrons. The van der Waals surface area contributed by atoms with Crippen molar-refractivity contribution >= 4 is 27.0 Å². The van der Waals surface area contributed by atoms with Crippen molar-refractivity contribution in [2.24, 2.45) is 0 Å². The lowest BCUT2D eigenvalue weighted by atomic mass is 10.0. The Morgan fingerprint density at radius 1 is 0.853 bits per heavy atom. The Kier molecular flexibility index (Phi) is 5.39. The van der Waals surface area contributed by atoms with Crippen LogP contribution in [0.25, 0.3) is 33.4 Å². The first-order valence-electron chi connectivity index (χ1n) is 10.4. The minimum atomic E-state index is -4.08. The van der Waals surface area contributed by atoms with Crippen molar-refractivity contribution in [2.45, 2.75) is 11.8 Å². The molecule has 0 spiro atoms. The number of para-hydroxylation sites is 1. The maximum atomic E-state index is 13.0. The average Bonchev–Trinajstić information content (AvgIpc) is 3.30. The van der Waals surface area contributed by atoms with Crippen LogP contribution in [0.1, 0.15) is 5.56 Å².